The average molecular weight is 346 g/mol. The molecule has 0 aliphatic carbocycles. The van der Waals surface area contributed by atoms with Gasteiger partial charge >= 0.3 is 0 Å². The zero-order chi connectivity index (χ0) is 18.2. The zero-order valence-electron chi connectivity index (χ0n) is 13.4. The molecule has 0 aliphatic heterocycles. The van der Waals surface area contributed by atoms with Gasteiger partial charge in [0.05, 0.1) is 6.67 Å². The molecule has 132 valence electrons. The number of carbonyl (C=O) groups excluding carboxylic acids is 3. The molecule has 0 saturated carbocycles. The molecule has 0 fully saturated rings. The molecular weight excluding hydrogens is 327 g/mol. The van der Waals surface area contributed by atoms with E-state index in [0.717, 1.165) is 16.3 Å². The van der Waals surface area contributed by atoms with Crippen LogP contribution in [-0.2, 0) is 20.8 Å². The van der Waals surface area contributed by atoms with Gasteiger partial charge < -0.3 is 16.0 Å². The zero-order valence-corrected chi connectivity index (χ0v) is 13.4. The molecule has 3 amide bonds. The smallest absolute Gasteiger partial charge is 0.270 e. The molecule has 2 rings (SSSR count). The van der Waals surface area contributed by atoms with Crippen molar-refractivity contribution < 1.29 is 18.8 Å². The van der Waals surface area contributed by atoms with Crippen molar-refractivity contribution in [2.24, 2.45) is 5.73 Å². The number of hydrogen-bond donors (Lipinski definition) is 4. The average Bonchev–Trinajstić information content (AvgIpc) is 2.61. The van der Waals surface area contributed by atoms with Crippen LogP contribution in [0.1, 0.15) is 5.56 Å². The second kappa shape index (κ2) is 8.74. The molecule has 2 unspecified atom stereocenters. The number of carbonyl (C=O) groups is 3. The Hall–Kier alpha value is -3.00. The van der Waals surface area contributed by atoms with E-state index in [1.807, 2.05) is 42.5 Å². The van der Waals surface area contributed by atoms with E-state index in [2.05, 4.69) is 16.0 Å². The van der Waals surface area contributed by atoms with Gasteiger partial charge in [0.2, 0.25) is 18.6 Å². The number of rotatable bonds is 8. The van der Waals surface area contributed by atoms with Crippen molar-refractivity contribution >= 4 is 29.0 Å². The van der Waals surface area contributed by atoms with Crippen molar-refractivity contribution in [1.29, 1.82) is 0 Å². The van der Waals surface area contributed by atoms with Gasteiger partial charge in [0.25, 0.3) is 5.91 Å². The molecule has 7 nitrogen and oxygen atoms in total. The van der Waals surface area contributed by atoms with Crippen LogP contribution in [0.3, 0.4) is 0 Å². The maximum absolute atomic E-state index is 13.0. The summed E-state index contributed by atoms with van der Waals surface area (Å²) in [5.41, 5.74) is 5.74. The van der Waals surface area contributed by atoms with Crippen LogP contribution in [0.2, 0.25) is 0 Å². The van der Waals surface area contributed by atoms with E-state index in [1.165, 1.54) is 0 Å². The van der Waals surface area contributed by atoms with Gasteiger partial charge in [0, 0.05) is 6.42 Å². The van der Waals surface area contributed by atoms with Crippen molar-refractivity contribution in [3.8, 4) is 0 Å². The van der Waals surface area contributed by atoms with E-state index in [0.29, 0.717) is 6.41 Å². The number of nitrogens with one attached hydrogen (secondary N) is 3. The lowest BCUT2D eigenvalue weighted by Gasteiger charge is -2.19. The molecule has 0 saturated heterocycles. The quantitative estimate of drug-likeness (QED) is 0.232. The molecule has 2 aromatic rings. The lowest BCUT2D eigenvalue weighted by molar-refractivity contribution is -0.131. The van der Waals surface area contributed by atoms with E-state index in [9.17, 15) is 18.8 Å². The Morgan fingerprint density at radius 1 is 1.12 bits per heavy atom. The fraction of sp³-hybridized carbons (Fsp3) is 0.235. The van der Waals surface area contributed by atoms with Crippen LogP contribution in [-0.4, -0.2) is 37.2 Å². The van der Waals surface area contributed by atoms with Gasteiger partial charge in [-0.1, -0.05) is 42.5 Å². The van der Waals surface area contributed by atoms with Crippen LogP contribution in [0.5, 0.6) is 0 Å². The summed E-state index contributed by atoms with van der Waals surface area (Å²) in [6.07, 6.45) is -1.65. The predicted octanol–water partition coefficient (Wildman–Crippen LogP) is -0.0589. The van der Waals surface area contributed by atoms with Crippen molar-refractivity contribution in [3.63, 3.8) is 0 Å². The Kier molecular flexibility index (Phi) is 6.41. The lowest BCUT2D eigenvalue weighted by atomic mass is 9.98. The van der Waals surface area contributed by atoms with Crippen LogP contribution in [0.25, 0.3) is 10.8 Å². The van der Waals surface area contributed by atoms with E-state index < -0.39 is 24.2 Å². The highest BCUT2D eigenvalue weighted by atomic mass is 19.1. The van der Waals surface area contributed by atoms with E-state index >= 15 is 0 Å². The molecule has 0 heterocycles. The maximum atomic E-state index is 13.0. The normalized spacial score (nSPS) is 12.9. The van der Waals surface area contributed by atoms with Crippen molar-refractivity contribution in [3.05, 3.63) is 48.0 Å². The Labute approximate surface area is 143 Å². The predicted molar refractivity (Wildman–Crippen MR) is 90.9 cm³/mol. The van der Waals surface area contributed by atoms with Gasteiger partial charge in [0.1, 0.15) is 6.04 Å². The largest absolute Gasteiger partial charge is 0.341 e. The molecule has 25 heavy (non-hydrogen) atoms. The minimum atomic E-state index is -2.23. The molecular formula is C17H19FN4O3. The molecule has 0 spiro atoms. The molecule has 0 bridgehead atoms. The highest BCUT2D eigenvalue weighted by Gasteiger charge is 2.24. The highest BCUT2D eigenvalue weighted by molar-refractivity contribution is 5.91. The van der Waals surface area contributed by atoms with Gasteiger partial charge in [-0.2, -0.15) is 0 Å². The van der Waals surface area contributed by atoms with Gasteiger partial charge in [-0.05, 0) is 16.3 Å². The SMILES string of the molecule is NC(F)C(=O)NC(Cc1cccc2ccccc12)C(=O)NCNC=O. The molecule has 2 aromatic carbocycles. The van der Waals surface area contributed by atoms with Gasteiger partial charge in [0.15, 0.2) is 0 Å². The molecule has 0 aliphatic rings. The summed E-state index contributed by atoms with van der Waals surface area (Å²) in [6.45, 7) is -0.105. The number of halogens is 1. The third-order valence-corrected chi connectivity index (χ3v) is 3.64. The first kappa shape index (κ1) is 18.3. The van der Waals surface area contributed by atoms with Gasteiger partial charge in [-0.3, -0.25) is 20.1 Å². The van der Waals surface area contributed by atoms with Crippen molar-refractivity contribution in [2.45, 2.75) is 18.8 Å². The topological polar surface area (TPSA) is 113 Å². The number of fused-ring (bicyclic) bond motifs is 1. The molecule has 8 heteroatoms. The summed E-state index contributed by atoms with van der Waals surface area (Å²) in [6, 6.07) is 12.1. The maximum Gasteiger partial charge on any atom is 0.270 e. The Bertz CT molecular complexity index is 761. The molecule has 0 radical (unpaired) electrons. The molecule has 2 atom stereocenters. The van der Waals surface area contributed by atoms with E-state index in [4.69, 9.17) is 5.73 Å². The van der Waals surface area contributed by atoms with Gasteiger partial charge in [-0.25, -0.2) is 4.39 Å². The van der Waals surface area contributed by atoms with Crippen LogP contribution < -0.4 is 21.7 Å². The third-order valence-electron chi connectivity index (χ3n) is 3.64. The summed E-state index contributed by atoms with van der Waals surface area (Å²) in [5.74, 6) is -1.64. The fourth-order valence-corrected chi connectivity index (χ4v) is 2.45. The first-order valence-corrected chi connectivity index (χ1v) is 7.64. The number of amides is 3. The van der Waals surface area contributed by atoms with Crippen LogP contribution in [0, 0.1) is 0 Å². The standard InChI is InChI=1S/C17H19FN4O3/c18-15(19)17(25)22-14(16(24)21-9-20-10-23)8-12-6-3-5-11-4-1-2-7-13(11)12/h1-7,10,14-15H,8-9,19H2,(H,20,23)(H,21,24)(H,22,25). The monoisotopic (exact) mass is 346 g/mol. The first-order chi connectivity index (χ1) is 12.0. The van der Waals surface area contributed by atoms with E-state index in [-0.39, 0.29) is 13.1 Å². The Morgan fingerprint density at radius 2 is 1.84 bits per heavy atom. The first-order valence-electron chi connectivity index (χ1n) is 7.64. The second-order valence-corrected chi connectivity index (χ2v) is 5.35. The summed E-state index contributed by atoms with van der Waals surface area (Å²) in [4.78, 5) is 34.1. The minimum absolute atomic E-state index is 0.105. The molecule has 5 N–H and O–H groups in total. The summed E-state index contributed by atoms with van der Waals surface area (Å²) < 4.78 is 13.0. The minimum Gasteiger partial charge on any atom is -0.341 e. The lowest BCUT2D eigenvalue weighted by Crippen LogP contribution is -2.52. The van der Waals surface area contributed by atoms with Gasteiger partial charge in [-0.15, -0.1) is 0 Å². The number of benzene rings is 2. The van der Waals surface area contributed by atoms with E-state index in [1.54, 1.807) is 0 Å². The summed E-state index contributed by atoms with van der Waals surface area (Å²) in [5, 5.41) is 8.91. The summed E-state index contributed by atoms with van der Waals surface area (Å²) in [7, 11) is 0. The van der Waals surface area contributed by atoms with Crippen molar-refractivity contribution in [2.75, 3.05) is 6.67 Å². The second-order valence-electron chi connectivity index (χ2n) is 5.35. The number of alkyl halides is 1. The molecule has 0 aromatic heterocycles. The van der Waals surface area contributed by atoms with Crippen LogP contribution >= 0.6 is 0 Å². The fourth-order valence-electron chi connectivity index (χ4n) is 2.45. The summed E-state index contributed by atoms with van der Waals surface area (Å²) >= 11 is 0. The van der Waals surface area contributed by atoms with Crippen molar-refractivity contribution in [1.82, 2.24) is 16.0 Å². The third kappa shape index (κ3) is 4.98. The Balaban J connectivity index is 2.23. The number of hydrogen-bond acceptors (Lipinski definition) is 4. The van der Waals surface area contributed by atoms with Crippen LogP contribution in [0.4, 0.5) is 4.39 Å². The van der Waals surface area contributed by atoms with Crippen LogP contribution in [0.15, 0.2) is 42.5 Å². The highest BCUT2D eigenvalue weighted by Crippen LogP contribution is 2.19. The Morgan fingerprint density at radius 3 is 2.56 bits per heavy atom. The number of nitrogens with two attached hydrogens (primary N) is 1.